The minimum Gasteiger partial charge on any atom is -0.290 e. The van der Waals surface area contributed by atoms with Gasteiger partial charge in [0.2, 0.25) is 0 Å². The highest BCUT2D eigenvalue weighted by Crippen LogP contribution is 2.18. The highest BCUT2D eigenvalue weighted by atomic mass is 35.5. The zero-order chi connectivity index (χ0) is 12.1. The molecule has 92 valence electrons. The third-order valence-electron chi connectivity index (χ3n) is 2.23. The van der Waals surface area contributed by atoms with Gasteiger partial charge in [0.15, 0.2) is 0 Å². The summed E-state index contributed by atoms with van der Waals surface area (Å²) in [7, 11) is 0. The molecule has 0 aliphatic heterocycles. The van der Waals surface area contributed by atoms with Gasteiger partial charge in [-0.1, -0.05) is 0 Å². The lowest BCUT2D eigenvalue weighted by atomic mass is 10.4. The van der Waals surface area contributed by atoms with Crippen LogP contribution in [-0.2, 0) is 6.54 Å². The Kier molecular flexibility index (Phi) is 5.58. The lowest BCUT2D eigenvalue weighted by Crippen LogP contribution is -2.30. The molecule has 0 aromatic carbocycles. The van der Waals surface area contributed by atoms with Crippen molar-refractivity contribution < 1.29 is 8.78 Å². The number of rotatable bonds is 6. The van der Waals surface area contributed by atoms with Crippen LogP contribution in [0, 0.1) is 13.8 Å². The molecular formula is C10H15ClF2N2S. The molecule has 0 saturated carbocycles. The van der Waals surface area contributed by atoms with E-state index in [-0.39, 0.29) is 6.54 Å². The topological polar surface area (TPSA) is 16.1 Å². The van der Waals surface area contributed by atoms with Gasteiger partial charge in [0.05, 0.1) is 18.8 Å². The summed E-state index contributed by atoms with van der Waals surface area (Å²) in [4.78, 5) is 7.10. The third-order valence-corrected chi connectivity index (χ3v) is 3.46. The largest absolute Gasteiger partial charge is 0.290 e. The monoisotopic (exact) mass is 268 g/mol. The molecule has 0 N–H and O–H groups in total. The smallest absolute Gasteiger partial charge is 0.251 e. The summed E-state index contributed by atoms with van der Waals surface area (Å²) in [6.07, 6.45) is -2.33. The number of aryl methyl sites for hydroxylation is 2. The molecule has 0 unspecified atom stereocenters. The van der Waals surface area contributed by atoms with Gasteiger partial charge in [-0.2, -0.15) is 0 Å². The fraction of sp³-hybridized carbons (Fsp3) is 0.700. The van der Waals surface area contributed by atoms with Crippen LogP contribution in [0.2, 0.25) is 0 Å². The highest BCUT2D eigenvalue weighted by molar-refractivity contribution is 7.11. The lowest BCUT2D eigenvalue weighted by molar-refractivity contribution is 0.0878. The molecule has 16 heavy (non-hydrogen) atoms. The number of hydrogen-bond donors (Lipinski definition) is 0. The van der Waals surface area contributed by atoms with Crippen LogP contribution in [0.4, 0.5) is 8.78 Å². The van der Waals surface area contributed by atoms with E-state index in [1.807, 2.05) is 13.8 Å². The maximum atomic E-state index is 12.3. The second-order valence-corrected chi connectivity index (χ2v) is 5.23. The number of halogens is 3. The summed E-state index contributed by atoms with van der Waals surface area (Å²) in [5.41, 5.74) is 0.975. The van der Waals surface area contributed by atoms with E-state index in [2.05, 4.69) is 4.98 Å². The van der Waals surface area contributed by atoms with Crippen molar-refractivity contribution in [2.45, 2.75) is 26.8 Å². The molecule has 0 aliphatic rings. The van der Waals surface area contributed by atoms with Gasteiger partial charge >= 0.3 is 0 Å². The van der Waals surface area contributed by atoms with Gasteiger partial charge in [0.1, 0.15) is 5.01 Å². The molecule has 0 radical (unpaired) electrons. The Bertz CT molecular complexity index is 311. The van der Waals surface area contributed by atoms with E-state index in [0.717, 1.165) is 15.6 Å². The van der Waals surface area contributed by atoms with Crippen molar-refractivity contribution in [3.8, 4) is 0 Å². The summed E-state index contributed by atoms with van der Waals surface area (Å²) < 4.78 is 24.6. The molecule has 0 aliphatic carbocycles. The van der Waals surface area contributed by atoms with E-state index in [0.29, 0.717) is 19.0 Å². The number of hydrogen-bond acceptors (Lipinski definition) is 3. The summed E-state index contributed by atoms with van der Waals surface area (Å²) in [5, 5.41) is 0.876. The van der Waals surface area contributed by atoms with Gasteiger partial charge in [-0.25, -0.2) is 13.8 Å². The first-order chi connectivity index (χ1) is 7.52. The minimum atomic E-state index is -2.33. The Morgan fingerprint density at radius 3 is 2.56 bits per heavy atom. The van der Waals surface area contributed by atoms with Crippen molar-refractivity contribution in [1.29, 1.82) is 0 Å². The van der Waals surface area contributed by atoms with Crippen LogP contribution in [0.25, 0.3) is 0 Å². The van der Waals surface area contributed by atoms with Crippen LogP contribution in [0.15, 0.2) is 0 Å². The molecule has 0 spiro atoms. The van der Waals surface area contributed by atoms with E-state index in [9.17, 15) is 8.78 Å². The van der Waals surface area contributed by atoms with Crippen LogP contribution < -0.4 is 0 Å². The van der Waals surface area contributed by atoms with E-state index in [1.165, 1.54) is 0 Å². The van der Waals surface area contributed by atoms with Crippen molar-refractivity contribution in [3.63, 3.8) is 0 Å². The average molecular weight is 269 g/mol. The van der Waals surface area contributed by atoms with Crippen molar-refractivity contribution in [2.24, 2.45) is 0 Å². The summed E-state index contributed by atoms with van der Waals surface area (Å²) >= 11 is 7.13. The van der Waals surface area contributed by atoms with Crippen molar-refractivity contribution in [1.82, 2.24) is 9.88 Å². The molecule has 6 heteroatoms. The Morgan fingerprint density at radius 2 is 2.12 bits per heavy atom. The van der Waals surface area contributed by atoms with Crippen LogP contribution in [0.5, 0.6) is 0 Å². The fourth-order valence-corrected chi connectivity index (χ4v) is 2.56. The summed E-state index contributed by atoms with van der Waals surface area (Å²) in [6, 6.07) is 0. The average Bonchev–Trinajstić information content (AvgIpc) is 2.45. The van der Waals surface area contributed by atoms with Gasteiger partial charge in [0, 0.05) is 17.3 Å². The number of thiazole rings is 1. The van der Waals surface area contributed by atoms with Crippen LogP contribution in [0.1, 0.15) is 15.6 Å². The zero-order valence-electron chi connectivity index (χ0n) is 9.34. The number of nitrogens with zero attached hydrogens (tertiary/aromatic N) is 2. The molecule has 0 bridgehead atoms. The van der Waals surface area contributed by atoms with E-state index in [4.69, 9.17) is 11.6 Å². The van der Waals surface area contributed by atoms with Gasteiger partial charge in [-0.05, 0) is 13.8 Å². The highest BCUT2D eigenvalue weighted by Gasteiger charge is 2.14. The summed E-state index contributed by atoms with van der Waals surface area (Å²) in [5.74, 6) is 0.357. The molecule has 0 saturated heterocycles. The fourth-order valence-electron chi connectivity index (χ4n) is 1.35. The molecule has 0 fully saturated rings. The predicted octanol–water partition coefficient (Wildman–Crippen LogP) is 3.07. The third kappa shape index (κ3) is 4.31. The maximum absolute atomic E-state index is 12.3. The molecule has 1 rings (SSSR count). The maximum Gasteiger partial charge on any atom is 0.251 e. The molecule has 1 aromatic heterocycles. The van der Waals surface area contributed by atoms with Crippen molar-refractivity contribution >= 4 is 22.9 Å². The first-order valence-corrected chi connectivity index (χ1v) is 6.37. The number of alkyl halides is 3. The Morgan fingerprint density at radius 1 is 1.44 bits per heavy atom. The second kappa shape index (κ2) is 6.47. The van der Waals surface area contributed by atoms with Gasteiger partial charge < -0.3 is 0 Å². The van der Waals surface area contributed by atoms with Crippen molar-refractivity contribution in [3.05, 3.63) is 15.6 Å². The van der Waals surface area contributed by atoms with Gasteiger partial charge in [-0.3, -0.25) is 4.90 Å². The van der Waals surface area contributed by atoms with Crippen molar-refractivity contribution in [2.75, 3.05) is 19.0 Å². The van der Waals surface area contributed by atoms with Crippen LogP contribution in [0.3, 0.4) is 0 Å². The Hall–Kier alpha value is -0.260. The van der Waals surface area contributed by atoms with Crippen LogP contribution in [-0.4, -0.2) is 35.3 Å². The summed E-state index contributed by atoms with van der Waals surface area (Å²) in [6.45, 7) is 4.58. The molecule has 0 atom stereocenters. The first-order valence-electron chi connectivity index (χ1n) is 5.02. The van der Waals surface area contributed by atoms with E-state index >= 15 is 0 Å². The molecule has 2 nitrogen and oxygen atoms in total. The Balaban J connectivity index is 2.59. The molecule has 1 heterocycles. The van der Waals surface area contributed by atoms with E-state index < -0.39 is 6.43 Å². The van der Waals surface area contributed by atoms with Gasteiger partial charge in [-0.15, -0.1) is 22.9 Å². The van der Waals surface area contributed by atoms with Crippen LogP contribution >= 0.6 is 22.9 Å². The number of aromatic nitrogens is 1. The molecule has 1 aromatic rings. The predicted molar refractivity (Wildman–Crippen MR) is 63.6 cm³/mol. The SMILES string of the molecule is Cc1nc(CN(CCCl)CC(F)F)sc1C. The standard InChI is InChI=1S/C10H15ClF2N2S/c1-7-8(2)16-10(14-7)6-15(4-3-11)5-9(12)13/h9H,3-6H2,1-2H3. The normalized spacial score (nSPS) is 11.7. The van der Waals surface area contributed by atoms with E-state index in [1.54, 1.807) is 16.2 Å². The molecular weight excluding hydrogens is 254 g/mol. The Labute approximate surface area is 103 Å². The first kappa shape index (κ1) is 13.8. The lowest BCUT2D eigenvalue weighted by Gasteiger charge is -2.18. The molecule has 0 amide bonds. The quantitative estimate of drug-likeness (QED) is 0.737. The zero-order valence-corrected chi connectivity index (χ0v) is 10.9. The van der Waals surface area contributed by atoms with Gasteiger partial charge in [0.25, 0.3) is 6.43 Å². The minimum absolute atomic E-state index is 0.246. The second-order valence-electron chi connectivity index (χ2n) is 3.56.